The monoisotopic (exact) mass is 286 g/mol. The van der Waals surface area contributed by atoms with E-state index in [1.807, 2.05) is 19.9 Å². The maximum atomic E-state index is 12.7. The van der Waals surface area contributed by atoms with E-state index in [2.05, 4.69) is 9.97 Å². The van der Waals surface area contributed by atoms with Gasteiger partial charge in [-0.2, -0.15) is 13.2 Å². The number of hydrogen-bond acceptors (Lipinski definition) is 2. The van der Waals surface area contributed by atoms with Crippen molar-refractivity contribution < 1.29 is 13.2 Å². The number of nitrogens with zero attached hydrogens (tertiary/aromatic N) is 2. The summed E-state index contributed by atoms with van der Waals surface area (Å²) in [5, 5.41) is -0.414. The zero-order valence-electron chi connectivity index (χ0n) is 10.2. The molecule has 0 bridgehead atoms. The van der Waals surface area contributed by atoms with E-state index in [1.165, 1.54) is 0 Å². The molecule has 0 radical (unpaired) electrons. The second-order valence-electron chi connectivity index (χ2n) is 4.20. The van der Waals surface area contributed by atoms with Crippen LogP contribution >= 0.6 is 11.6 Å². The molecule has 0 atom stereocenters. The predicted octanol–water partition coefficient (Wildman–Crippen LogP) is 4.43. The molecule has 100 valence electrons. The van der Waals surface area contributed by atoms with Crippen LogP contribution in [0.1, 0.15) is 16.8 Å². The molecule has 6 heteroatoms. The molecule has 19 heavy (non-hydrogen) atoms. The Bertz CT molecular complexity index is 624. The molecule has 0 N–H and O–H groups in total. The van der Waals surface area contributed by atoms with E-state index in [9.17, 15) is 13.2 Å². The van der Waals surface area contributed by atoms with E-state index in [4.69, 9.17) is 11.6 Å². The molecule has 0 aliphatic rings. The van der Waals surface area contributed by atoms with Gasteiger partial charge in [-0.25, -0.2) is 9.97 Å². The van der Waals surface area contributed by atoms with Gasteiger partial charge in [-0.3, -0.25) is 0 Å². The number of aryl methyl sites for hydroxylation is 2. The Morgan fingerprint density at radius 3 is 2.26 bits per heavy atom. The molecule has 0 saturated heterocycles. The minimum atomic E-state index is -4.54. The Hall–Kier alpha value is -1.62. The quantitative estimate of drug-likeness (QED) is 0.725. The smallest absolute Gasteiger partial charge is 0.218 e. The summed E-state index contributed by atoms with van der Waals surface area (Å²) in [4.78, 5) is 7.04. The maximum absolute atomic E-state index is 12.7. The van der Waals surface area contributed by atoms with Crippen molar-refractivity contribution in [3.05, 3.63) is 46.4 Å². The third kappa shape index (κ3) is 3.04. The number of hydrogen-bond donors (Lipinski definition) is 0. The summed E-state index contributed by atoms with van der Waals surface area (Å²) >= 11 is 5.55. The van der Waals surface area contributed by atoms with Crippen molar-refractivity contribution >= 4 is 11.6 Å². The topological polar surface area (TPSA) is 25.8 Å². The van der Waals surface area contributed by atoms with Gasteiger partial charge >= 0.3 is 6.18 Å². The van der Waals surface area contributed by atoms with Crippen LogP contribution in [-0.2, 0) is 6.18 Å². The van der Waals surface area contributed by atoms with Crippen LogP contribution in [-0.4, -0.2) is 9.97 Å². The van der Waals surface area contributed by atoms with Gasteiger partial charge in [0.2, 0.25) is 5.28 Å². The van der Waals surface area contributed by atoms with Crippen molar-refractivity contribution in [3.8, 4) is 11.3 Å². The van der Waals surface area contributed by atoms with Crippen LogP contribution in [0.3, 0.4) is 0 Å². The largest absolute Gasteiger partial charge is 0.433 e. The molecule has 0 amide bonds. The van der Waals surface area contributed by atoms with Gasteiger partial charge < -0.3 is 0 Å². The van der Waals surface area contributed by atoms with Crippen LogP contribution in [0.2, 0.25) is 5.28 Å². The van der Waals surface area contributed by atoms with E-state index >= 15 is 0 Å². The fraction of sp³-hybridized carbons (Fsp3) is 0.231. The lowest BCUT2D eigenvalue weighted by atomic mass is 10.0. The molecule has 0 unspecified atom stereocenters. The molecule has 1 aromatic carbocycles. The molecule has 0 aliphatic heterocycles. The average molecular weight is 287 g/mol. The first-order valence-corrected chi connectivity index (χ1v) is 5.84. The third-order valence-corrected chi connectivity index (χ3v) is 2.96. The molecule has 2 nitrogen and oxygen atoms in total. The number of alkyl halides is 3. The molecule has 0 saturated carbocycles. The van der Waals surface area contributed by atoms with Crippen molar-refractivity contribution in [1.82, 2.24) is 9.97 Å². The van der Waals surface area contributed by atoms with Crippen molar-refractivity contribution in [2.24, 2.45) is 0 Å². The summed E-state index contributed by atoms with van der Waals surface area (Å²) in [5.74, 6) is 0. The van der Waals surface area contributed by atoms with Gasteiger partial charge in [-0.05, 0) is 48.7 Å². The van der Waals surface area contributed by atoms with E-state index < -0.39 is 17.2 Å². The number of benzene rings is 1. The van der Waals surface area contributed by atoms with Crippen LogP contribution < -0.4 is 0 Å². The summed E-state index contributed by atoms with van der Waals surface area (Å²) in [6.45, 7) is 3.81. The van der Waals surface area contributed by atoms with Crippen molar-refractivity contribution in [2.75, 3.05) is 0 Å². The molecule has 1 aromatic heterocycles. The first-order valence-electron chi connectivity index (χ1n) is 5.47. The Kier molecular flexibility index (Phi) is 3.49. The molecule has 0 spiro atoms. The molecular weight excluding hydrogens is 277 g/mol. The first-order chi connectivity index (χ1) is 8.77. The summed E-state index contributed by atoms with van der Waals surface area (Å²) in [6, 6.07) is 6.21. The molecule has 2 aromatic rings. The third-order valence-electron chi connectivity index (χ3n) is 2.79. The lowest BCUT2D eigenvalue weighted by molar-refractivity contribution is -0.141. The molecule has 1 heterocycles. The Morgan fingerprint density at radius 1 is 1.00 bits per heavy atom. The predicted molar refractivity (Wildman–Crippen MR) is 67.0 cm³/mol. The standard InChI is InChI=1S/C13H10ClF3N2/c1-7-3-4-9(5-8(7)2)10-6-11(13(15,16)17)19-12(14)18-10/h3-6H,1-2H3. The van der Waals surface area contributed by atoms with Crippen LogP contribution in [0, 0.1) is 13.8 Å². The Balaban J connectivity index is 2.56. The summed E-state index contributed by atoms with van der Waals surface area (Å²) in [5.41, 5.74) is 1.73. The Morgan fingerprint density at radius 2 is 1.68 bits per heavy atom. The summed E-state index contributed by atoms with van der Waals surface area (Å²) in [7, 11) is 0. The van der Waals surface area contributed by atoms with Gasteiger partial charge in [-0.1, -0.05) is 12.1 Å². The highest BCUT2D eigenvalue weighted by molar-refractivity contribution is 6.28. The van der Waals surface area contributed by atoms with Crippen molar-refractivity contribution in [2.45, 2.75) is 20.0 Å². The Labute approximate surface area is 113 Å². The highest BCUT2D eigenvalue weighted by Gasteiger charge is 2.33. The zero-order valence-corrected chi connectivity index (χ0v) is 11.0. The van der Waals surface area contributed by atoms with Crippen molar-refractivity contribution in [1.29, 1.82) is 0 Å². The van der Waals surface area contributed by atoms with Crippen LogP contribution in [0.25, 0.3) is 11.3 Å². The highest BCUT2D eigenvalue weighted by Crippen LogP contribution is 2.31. The van der Waals surface area contributed by atoms with Gasteiger partial charge in [0.15, 0.2) is 0 Å². The first kappa shape index (κ1) is 13.8. The minimum absolute atomic E-state index is 0.162. The average Bonchev–Trinajstić information content (AvgIpc) is 2.31. The fourth-order valence-corrected chi connectivity index (χ4v) is 1.79. The summed E-state index contributed by atoms with van der Waals surface area (Å²) < 4.78 is 38.0. The molecular formula is C13H10ClF3N2. The fourth-order valence-electron chi connectivity index (χ4n) is 1.61. The van der Waals surface area contributed by atoms with Gasteiger partial charge in [-0.15, -0.1) is 0 Å². The second kappa shape index (κ2) is 4.81. The molecule has 0 fully saturated rings. The normalized spacial score (nSPS) is 11.7. The second-order valence-corrected chi connectivity index (χ2v) is 4.54. The molecule has 0 aliphatic carbocycles. The van der Waals surface area contributed by atoms with E-state index in [1.54, 1.807) is 12.1 Å². The van der Waals surface area contributed by atoms with Crippen LogP contribution in [0.15, 0.2) is 24.3 Å². The van der Waals surface area contributed by atoms with Crippen LogP contribution in [0.4, 0.5) is 13.2 Å². The lowest BCUT2D eigenvalue weighted by Crippen LogP contribution is -2.09. The zero-order chi connectivity index (χ0) is 14.2. The SMILES string of the molecule is Cc1ccc(-c2cc(C(F)(F)F)nc(Cl)n2)cc1C. The number of aromatic nitrogens is 2. The lowest BCUT2D eigenvalue weighted by Gasteiger charge is -2.09. The minimum Gasteiger partial charge on any atom is -0.218 e. The number of rotatable bonds is 1. The van der Waals surface area contributed by atoms with Gasteiger partial charge in [0, 0.05) is 5.56 Å². The van der Waals surface area contributed by atoms with Gasteiger partial charge in [0.05, 0.1) is 5.69 Å². The van der Waals surface area contributed by atoms with Crippen LogP contribution in [0.5, 0.6) is 0 Å². The number of halogens is 4. The van der Waals surface area contributed by atoms with Gasteiger partial charge in [0.25, 0.3) is 0 Å². The highest BCUT2D eigenvalue weighted by atomic mass is 35.5. The maximum Gasteiger partial charge on any atom is 0.433 e. The summed E-state index contributed by atoms with van der Waals surface area (Å²) in [6.07, 6.45) is -4.54. The van der Waals surface area contributed by atoms with Crippen molar-refractivity contribution in [3.63, 3.8) is 0 Å². The van der Waals surface area contributed by atoms with E-state index in [0.29, 0.717) is 5.56 Å². The molecule has 2 rings (SSSR count). The van der Waals surface area contributed by atoms with E-state index in [0.717, 1.165) is 17.2 Å². The van der Waals surface area contributed by atoms with E-state index in [-0.39, 0.29) is 5.69 Å². The van der Waals surface area contributed by atoms with Gasteiger partial charge in [0.1, 0.15) is 5.69 Å².